The molecule has 0 aliphatic rings. The lowest BCUT2D eigenvalue weighted by Crippen LogP contribution is -2.12. The monoisotopic (exact) mass is 276 g/mol. The smallest absolute Gasteiger partial charge is 0.337 e. The number of benzene rings is 1. The van der Waals surface area contributed by atoms with Crippen LogP contribution in [0.5, 0.6) is 0 Å². The highest BCUT2D eigenvalue weighted by molar-refractivity contribution is 6.30. The van der Waals surface area contributed by atoms with Crippen molar-refractivity contribution < 1.29 is 14.7 Å². The van der Waals surface area contributed by atoms with Gasteiger partial charge in [-0.1, -0.05) is 11.6 Å². The summed E-state index contributed by atoms with van der Waals surface area (Å²) >= 11 is 5.73. The predicted octanol–water partition coefficient (Wildman–Crippen LogP) is 2.69. The maximum atomic E-state index is 11.9. The van der Waals surface area contributed by atoms with Gasteiger partial charge in [0.05, 0.1) is 17.4 Å². The number of pyridine rings is 1. The van der Waals surface area contributed by atoms with Gasteiger partial charge in [-0.15, -0.1) is 0 Å². The summed E-state index contributed by atoms with van der Waals surface area (Å²) in [5.74, 6) is -1.46. The van der Waals surface area contributed by atoms with E-state index in [1.165, 1.54) is 18.5 Å². The maximum absolute atomic E-state index is 11.9. The number of aromatic carboxylic acids is 1. The highest BCUT2D eigenvalue weighted by atomic mass is 35.5. The molecule has 0 unspecified atom stereocenters. The number of nitrogens with one attached hydrogen (secondary N) is 1. The van der Waals surface area contributed by atoms with Gasteiger partial charge in [0.2, 0.25) is 0 Å². The molecule has 1 aromatic carbocycles. The standard InChI is InChI=1S/C13H9ClN2O3/c14-10-3-1-8(2-4-10)12(17)16-11-5-9(13(18)19)6-15-7-11/h1-7H,(H,16,17)(H,18,19). The van der Waals surface area contributed by atoms with Crippen LogP contribution in [0, 0.1) is 0 Å². The highest BCUT2D eigenvalue weighted by Gasteiger charge is 2.08. The quantitative estimate of drug-likeness (QED) is 0.903. The lowest BCUT2D eigenvalue weighted by molar-refractivity contribution is 0.0696. The number of rotatable bonds is 3. The van der Waals surface area contributed by atoms with Gasteiger partial charge >= 0.3 is 5.97 Å². The fraction of sp³-hybridized carbons (Fsp3) is 0. The van der Waals surface area contributed by atoms with E-state index in [2.05, 4.69) is 10.3 Å². The molecule has 2 aromatic rings. The van der Waals surface area contributed by atoms with Crippen molar-refractivity contribution in [2.24, 2.45) is 0 Å². The molecule has 0 aliphatic heterocycles. The van der Waals surface area contributed by atoms with E-state index >= 15 is 0 Å². The number of carboxylic acids is 1. The number of amides is 1. The first-order valence-corrected chi connectivity index (χ1v) is 5.69. The van der Waals surface area contributed by atoms with E-state index in [4.69, 9.17) is 16.7 Å². The molecule has 2 rings (SSSR count). The third-order valence-corrected chi connectivity index (χ3v) is 2.60. The molecule has 0 radical (unpaired) electrons. The third-order valence-electron chi connectivity index (χ3n) is 2.35. The molecule has 0 fully saturated rings. The van der Waals surface area contributed by atoms with Gasteiger partial charge in [0.25, 0.3) is 5.91 Å². The average Bonchev–Trinajstić information content (AvgIpc) is 2.39. The Morgan fingerprint density at radius 1 is 1.11 bits per heavy atom. The van der Waals surface area contributed by atoms with Crippen LogP contribution in [0.15, 0.2) is 42.7 Å². The molecule has 0 saturated carbocycles. The van der Waals surface area contributed by atoms with Gasteiger partial charge in [0, 0.05) is 16.8 Å². The Kier molecular flexibility index (Phi) is 3.77. The summed E-state index contributed by atoms with van der Waals surface area (Å²) in [7, 11) is 0. The Morgan fingerprint density at radius 3 is 2.42 bits per heavy atom. The van der Waals surface area contributed by atoms with Crippen LogP contribution in [0.1, 0.15) is 20.7 Å². The van der Waals surface area contributed by atoms with Crippen LogP contribution >= 0.6 is 11.6 Å². The Morgan fingerprint density at radius 2 is 1.79 bits per heavy atom. The van der Waals surface area contributed by atoms with Crippen molar-refractivity contribution in [2.75, 3.05) is 5.32 Å². The molecular weight excluding hydrogens is 268 g/mol. The number of halogens is 1. The first-order chi connectivity index (χ1) is 9.06. The van der Waals surface area contributed by atoms with E-state index in [9.17, 15) is 9.59 Å². The molecule has 19 heavy (non-hydrogen) atoms. The molecule has 0 aliphatic carbocycles. The fourth-order valence-electron chi connectivity index (χ4n) is 1.43. The van der Waals surface area contributed by atoms with E-state index in [1.807, 2.05) is 0 Å². The van der Waals surface area contributed by atoms with Gasteiger partial charge in [0.15, 0.2) is 0 Å². The molecule has 6 heteroatoms. The second-order valence-corrected chi connectivity index (χ2v) is 4.16. The molecule has 0 spiro atoms. The van der Waals surface area contributed by atoms with Crippen LogP contribution < -0.4 is 5.32 Å². The lowest BCUT2D eigenvalue weighted by Gasteiger charge is -2.05. The Hall–Kier alpha value is -2.40. The van der Waals surface area contributed by atoms with E-state index in [-0.39, 0.29) is 11.5 Å². The minimum Gasteiger partial charge on any atom is -0.478 e. The minimum absolute atomic E-state index is 0.00825. The topological polar surface area (TPSA) is 79.3 Å². The van der Waals surface area contributed by atoms with E-state index in [0.29, 0.717) is 16.3 Å². The molecule has 0 saturated heterocycles. The van der Waals surface area contributed by atoms with Crippen LogP contribution in [0.25, 0.3) is 0 Å². The van der Waals surface area contributed by atoms with Crippen LogP contribution in [-0.4, -0.2) is 22.0 Å². The Labute approximate surface area is 113 Å². The second kappa shape index (κ2) is 5.49. The molecule has 1 heterocycles. The SMILES string of the molecule is O=C(O)c1cncc(NC(=O)c2ccc(Cl)cc2)c1. The Balaban J connectivity index is 2.17. The average molecular weight is 277 g/mol. The summed E-state index contributed by atoms with van der Waals surface area (Å²) in [6.45, 7) is 0. The zero-order valence-electron chi connectivity index (χ0n) is 9.63. The number of carbonyl (C=O) groups is 2. The van der Waals surface area contributed by atoms with Crippen molar-refractivity contribution in [2.45, 2.75) is 0 Å². The number of aromatic nitrogens is 1. The molecule has 0 bridgehead atoms. The summed E-state index contributed by atoms with van der Waals surface area (Å²) in [5, 5.41) is 11.9. The van der Waals surface area contributed by atoms with Crippen molar-refractivity contribution in [1.82, 2.24) is 4.98 Å². The van der Waals surface area contributed by atoms with Crippen molar-refractivity contribution in [3.8, 4) is 0 Å². The third kappa shape index (κ3) is 3.29. The van der Waals surface area contributed by atoms with Crippen LogP contribution in [0.2, 0.25) is 5.02 Å². The van der Waals surface area contributed by atoms with E-state index in [1.54, 1.807) is 24.3 Å². The molecule has 5 nitrogen and oxygen atoms in total. The van der Waals surface area contributed by atoms with Gasteiger partial charge < -0.3 is 10.4 Å². The van der Waals surface area contributed by atoms with Crippen molar-refractivity contribution >= 4 is 29.2 Å². The Bertz CT molecular complexity index is 626. The first kappa shape index (κ1) is 13.0. The highest BCUT2D eigenvalue weighted by Crippen LogP contribution is 2.13. The minimum atomic E-state index is -1.10. The van der Waals surface area contributed by atoms with E-state index < -0.39 is 5.97 Å². The van der Waals surface area contributed by atoms with Crippen molar-refractivity contribution in [3.05, 3.63) is 58.9 Å². The number of carboxylic acid groups (broad SMARTS) is 1. The van der Waals surface area contributed by atoms with Crippen LogP contribution in [0.3, 0.4) is 0 Å². The zero-order chi connectivity index (χ0) is 13.8. The number of hydrogen-bond acceptors (Lipinski definition) is 3. The number of hydrogen-bond donors (Lipinski definition) is 2. The maximum Gasteiger partial charge on any atom is 0.337 e. The first-order valence-electron chi connectivity index (χ1n) is 5.31. The lowest BCUT2D eigenvalue weighted by atomic mass is 10.2. The van der Waals surface area contributed by atoms with Gasteiger partial charge in [-0.2, -0.15) is 0 Å². The molecular formula is C13H9ClN2O3. The normalized spacial score (nSPS) is 9.95. The molecule has 96 valence electrons. The summed E-state index contributed by atoms with van der Waals surface area (Å²) in [4.78, 5) is 26.4. The van der Waals surface area contributed by atoms with Crippen LogP contribution in [0.4, 0.5) is 5.69 Å². The largest absolute Gasteiger partial charge is 0.478 e. The zero-order valence-corrected chi connectivity index (χ0v) is 10.4. The van der Waals surface area contributed by atoms with Gasteiger partial charge in [-0.3, -0.25) is 9.78 Å². The van der Waals surface area contributed by atoms with Gasteiger partial charge in [0.1, 0.15) is 0 Å². The van der Waals surface area contributed by atoms with E-state index in [0.717, 1.165) is 0 Å². The second-order valence-electron chi connectivity index (χ2n) is 3.73. The van der Waals surface area contributed by atoms with Crippen molar-refractivity contribution in [3.63, 3.8) is 0 Å². The van der Waals surface area contributed by atoms with Gasteiger partial charge in [-0.25, -0.2) is 4.79 Å². The van der Waals surface area contributed by atoms with Crippen LogP contribution in [-0.2, 0) is 0 Å². The number of carbonyl (C=O) groups excluding carboxylic acids is 1. The summed E-state index contributed by atoms with van der Waals surface area (Å²) < 4.78 is 0. The summed E-state index contributed by atoms with van der Waals surface area (Å²) in [6.07, 6.45) is 2.58. The fourth-order valence-corrected chi connectivity index (χ4v) is 1.56. The van der Waals surface area contributed by atoms with Gasteiger partial charge in [-0.05, 0) is 30.3 Å². The number of nitrogens with zero attached hydrogens (tertiary/aromatic N) is 1. The molecule has 0 atom stereocenters. The number of anilines is 1. The molecule has 1 amide bonds. The summed E-state index contributed by atoms with van der Waals surface area (Å²) in [6, 6.07) is 7.69. The predicted molar refractivity (Wildman–Crippen MR) is 70.6 cm³/mol. The molecule has 1 aromatic heterocycles. The van der Waals surface area contributed by atoms with Crippen molar-refractivity contribution in [1.29, 1.82) is 0 Å². The summed E-state index contributed by atoms with van der Waals surface area (Å²) in [5.41, 5.74) is 0.749. The molecule has 2 N–H and O–H groups in total.